The monoisotopic (exact) mass is 917 g/mol. The number of nitrogens with one attached hydrogen (secondary N) is 2. The Morgan fingerprint density at radius 2 is 0.851 bits per heavy atom. The molecule has 8 rings (SSSR count). The highest BCUT2D eigenvalue weighted by Crippen LogP contribution is 2.31. The molecule has 0 spiro atoms. The Bertz CT molecular complexity index is 2200. The summed E-state index contributed by atoms with van der Waals surface area (Å²) < 4.78 is 53.9. The van der Waals surface area contributed by atoms with Crippen LogP contribution in [-0.2, 0) is 6.54 Å². The molecule has 6 aromatic carbocycles. The fourth-order valence-corrected chi connectivity index (χ4v) is 9.03. The van der Waals surface area contributed by atoms with Crippen molar-refractivity contribution in [2.75, 3.05) is 90.4 Å². The zero-order valence-corrected chi connectivity index (χ0v) is 38.1. The number of β-amino-alcohol motifs (C(OH)–C–C–N with tert-alkyl or cyclic N) is 2. The number of rotatable bonds is 19. The van der Waals surface area contributed by atoms with E-state index in [0.29, 0.717) is 26.2 Å². The van der Waals surface area contributed by atoms with E-state index in [1.54, 1.807) is 24.3 Å². The Morgan fingerprint density at radius 1 is 0.448 bits per heavy atom. The summed E-state index contributed by atoms with van der Waals surface area (Å²) in [6, 6.07) is 46.4. The highest BCUT2D eigenvalue weighted by molar-refractivity contribution is 5.42. The Labute approximate surface area is 393 Å². The van der Waals surface area contributed by atoms with Crippen LogP contribution in [0.1, 0.15) is 46.2 Å². The normalized spacial score (nSPS) is 16.1. The van der Waals surface area contributed by atoms with Gasteiger partial charge in [-0.05, 0) is 101 Å². The van der Waals surface area contributed by atoms with E-state index in [4.69, 9.17) is 0 Å². The van der Waals surface area contributed by atoms with Crippen LogP contribution in [-0.4, -0.2) is 127 Å². The molecule has 0 saturated carbocycles. The van der Waals surface area contributed by atoms with Crippen LogP contribution in [0.3, 0.4) is 0 Å². The predicted octanol–water partition coefficient (Wildman–Crippen LogP) is 8.40. The van der Waals surface area contributed by atoms with Gasteiger partial charge in [-0.2, -0.15) is 0 Å². The first-order valence-corrected chi connectivity index (χ1v) is 23.5. The standard InChI is InChI=1S/C28H33F2N3O.C27H31F2N3O/c29-24-10-6-22(7-11-24)28(23-8-12-25(30)13-9-23)14-15-32-16-18-33(19-17-32)21-27(34)20-31-26-4-2-1-3-5-26;28-24-10-6-22(7-11-24)27(23-8-12-25(29)13-9-23)32-16-14-31(15-17-32)20-26(33)19-30-18-21-4-2-1-3-5-21/h1-13,27-28,31,34H,14-21H2;1-13,26-27,30,33H,14-20H2. The molecule has 2 fully saturated rings. The summed E-state index contributed by atoms with van der Waals surface area (Å²) in [6.07, 6.45) is 0.0132. The summed E-state index contributed by atoms with van der Waals surface area (Å²) >= 11 is 0. The second-order valence-corrected chi connectivity index (χ2v) is 17.6. The number of hydrogen-bond acceptors (Lipinski definition) is 8. The van der Waals surface area contributed by atoms with Gasteiger partial charge in [0.2, 0.25) is 0 Å². The van der Waals surface area contributed by atoms with Crippen LogP contribution in [0.2, 0.25) is 0 Å². The lowest BCUT2D eigenvalue weighted by molar-refractivity contribution is 0.0623. The Balaban J connectivity index is 0.000000199. The van der Waals surface area contributed by atoms with E-state index in [-0.39, 0.29) is 35.2 Å². The van der Waals surface area contributed by atoms with E-state index >= 15 is 0 Å². The summed E-state index contributed by atoms with van der Waals surface area (Å²) in [6.45, 7) is 11.0. The van der Waals surface area contributed by atoms with E-state index in [2.05, 4.69) is 42.4 Å². The van der Waals surface area contributed by atoms with Crippen molar-refractivity contribution < 1.29 is 27.8 Å². The third kappa shape index (κ3) is 15.8. The van der Waals surface area contributed by atoms with Gasteiger partial charge in [0.15, 0.2) is 0 Å². The zero-order valence-electron chi connectivity index (χ0n) is 38.1. The maximum atomic E-state index is 13.5. The molecule has 2 unspecified atom stereocenters. The summed E-state index contributed by atoms with van der Waals surface area (Å²) in [5, 5.41) is 27.5. The minimum absolute atomic E-state index is 0.0641. The average Bonchev–Trinajstić information content (AvgIpc) is 3.35. The summed E-state index contributed by atoms with van der Waals surface area (Å²) in [7, 11) is 0. The first kappa shape index (κ1) is 49.5. The lowest BCUT2D eigenvalue weighted by atomic mass is 9.88. The van der Waals surface area contributed by atoms with Crippen molar-refractivity contribution in [3.8, 4) is 0 Å². The average molecular weight is 917 g/mol. The molecule has 6 aromatic rings. The first-order chi connectivity index (χ1) is 32.6. The van der Waals surface area contributed by atoms with Crippen LogP contribution in [0.15, 0.2) is 158 Å². The van der Waals surface area contributed by atoms with E-state index in [9.17, 15) is 27.8 Å². The number of hydrogen-bond donors (Lipinski definition) is 4. The molecule has 2 heterocycles. The fourth-order valence-electron chi connectivity index (χ4n) is 9.03. The molecular weight excluding hydrogens is 853 g/mol. The lowest BCUT2D eigenvalue weighted by Crippen LogP contribution is -2.50. The smallest absolute Gasteiger partial charge is 0.123 e. The molecule has 0 bridgehead atoms. The van der Waals surface area contributed by atoms with Crippen molar-refractivity contribution in [2.24, 2.45) is 0 Å². The van der Waals surface area contributed by atoms with Gasteiger partial charge in [-0.1, -0.05) is 97.1 Å². The van der Waals surface area contributed by atoms with Gasteiger partial charge in [0, 0.05) is 96.7 Å². The molecule has 354 valence electrons. The summed E-state index contributed by atoms with van der Waals surface area (Å²) in [5.41, 5.74) is 6.28. The van der Waals surface area contributed by atoms with Gasteiger partial charge in [-0.3, -0.25) is 14.7 Å². The molecule has 2 atom stereocenters. The van der Waals surface area contributed by atoms with Crippen molar-refractivity contribution in [1.29, 1.82) is 0 Å². The molecule has 2 aliphatic heterocycles. The van der Waals surface area contributed by atoms with Crippen LogP contribution in [0.25, 0.3) is 0 Å². The molecular formula is C55H64F4N6O2. The molecule has 2 saturated heterocycles. The summed E-state index contributed by atoms with van der Waals surface area (Å²) in [5.74, 6) is -0.949. The van der Waals surface area contributed by atoms with Gasteiger partial charge >= 0.3 is 0 Å². The molecule has 0 radical (unpaired) electrons. The van der Waals surface area contributed by atoms with Gasteiger partial charge in [0.25, 0.3) is 0 Å². The molecule has 0 amide bonds. The molecule has 2 aliphatic rings. The number of anilines is 1. The zero-order chi connectivity index (χ0) is 46.8. The largest absolute Gasteiger partial charge is 0.390 e. The third-order valence-corrected chi connectivity index (χ3v) is 12.7. The van der Waals surface area contributed by atoms with Crippen molar-refractivity contribution in [1.82, 2.24) is 24.9 Å². The minimum atomic E-state index is -0.440. The van der Waals surface area contributed by atoms with Crippen molar-refractivity contribution >= 4 is 5.69 Å². The highest BCUT2D eigenvalue weighted by Gasteiger charge is 2.28. The lowest BCUT2D eigenvalue weighted by Gasteiger charge is -2.40. The van der Waals surface area contributed by atoms with Gasteiger partial charge in [-0.15, -0.1) is 0 Å². The summed E-state index contributed by atoms with van der Waals surface area (Å²) in [4.78, 5) is 9.37. The molecule has 4 N–H and O–H groups in total. The maximum absolute atomic E-state index is 13.5. The molecule has 0 aromatic heterocycles. The SMILES string of the molecule is OC(CNCc1ccccc1)CN1CCN(C(c2ccc(F)cc2)c2ccc(F)cc2)CC1.OC(CNc1ccccc1)CN1CCN(CCC(c2ccc(F)cc2)c2ccc(F)cc2)CC1. The van der Waals surface area contributed by atoms with E-state index in [0.717, 1.165) is 99.8 Å². The number of para-hydroxylation sites is 1. The number of piperazine rings is 2. The second-order valence-electron chi connectivity index (χ2n) is 17.6. The fraction of sp³-hybridized carbons (Fsp3) is 0.345. The van der Waals surface area contributed by atoms with Crippen LogP contribution in [0.4, 0.5) is 23.2 Å². The predicted molar refractivity (Wildman–Crippen MR) is 260 cm³/mol. The van der Waals surface area contributed by atoms with E-state index < -0.39 is 12.2 Å². The molecule has 67 heavy (non-hydrogen) atoms. The van der Waals surface area contributed by atoms with Crippen LogP contribution in [0, 0.1) is 23.3 Å². The Morgan fingerprint density at radius 3 is 1.33 bits per heavy atom. The van der Waals surface area contributed by atoms with Gasteiger partial charge in [0.05, 0.1) is 18.2 Å². The maximum Gasteiger partial charge on any atom is 0.123 e. The van der Waals surface area contributed by atoms with Crippen LogP contribution in [0.5, 0.6) is 0 Å². The number of aliphatic hydroxyl groups excluding tert-OH is 2. The van der Waals surface area contributed by atoms with Crippen molar-refractivity contribution in [3.05, 3.63) is 209 Å². The molecule has 8 nitrogen and oxygen atoms in total. The van der Waals surface area contributed by atoms with Gasteiger partial charge < -0.3 is 25.7 Å². The van der Waals surface area contributed by atoms with Gasteiger partial charge in [-0.25, -0.2) is 17.6 Å². The third-order valence-electron chi connectivity index (χ3n) is 12.7. The number of halogens is 4. The molecule has 0 aliphatic carbocycles. The van der Waals surface area contributed by atoms with Crippen LogP contribution < -0.4 is 10.6 Å². The topological polar surface area (TPSA) is 77.5 Å². The van der Waals surface area contributed by atoms with Crippen molar-refractivity contribution in [3.63, 3.8) is 0 Å². The minimum Gasteiger partial charge on any atom is -0.390 e. The number of nitrogens with zero attached hydrogens (tertiary/aromatic N) is 4. The quantitative estimate of drug-likeness (QED) is 0.0605. The van der Waals surface area contributed by atoms with Crippen molar-refractivity contribution in [2.45, 2.75) is 37.1 Å². The van der Waals surface area contributed by atoms with Crippen LogP contribution >= 0.6 is 0 Å². The van der Waals surface area contributed by atoms with Gasteiger partial charge in [0.1, 0.15) is 23.3 Å². The van der Waals surface area contributed by atoms with E-state index in [1.807, 2.05) is 72.8 Å². The number of aliphatic hydroxyl groups is 2. The number of benzene rings is 6. The van der Waals surface area contributed by atoms with E-state index in [1.165, 1.54) is 54.1 Å². The Hall–Kier alpha value is -5.44. The first-order valence-electron chi connectivity index (χ1n) is 23.5. The highest BCUT2D eigenvalue weighted by atomic mass is 19.1. The molecule has 12 heteroatoms. The Kier molecular flexibility index (Phi) is 18.9. The second kappa shape index (κ2) is 25.6.